The normalized spacial score (nSPS) is 11.0. The number of carboxylic acids is 3. The van der Waals surface area contributed by atoms with E-state index >= 15 is 0 Å². The maximum atomic E-state index is 11.9. The molecule has 78 heavy (non-hydrogen) atoms. The van der Waals surface area contributed by atoms with E-state index in [0.29, 0.717) is 26.2 Å². The summed E-state index contributed by atoms with van der Waals surface area (Å²) in [5.74, 6) is -3.31. The molecule has 0 unspecified atom stereocenters. The Balaban J connectivity index is -0.000000469. The van der Waals surface area contributed by atoms with Crippen LogP contribution in [0.15, 0.2) is 90.7 Å². The summed E-state index contributed by atoms with van der Waals surface area (Å²) in [6.07, 6.45) is 0. The van der Waals surface area contributed by atoms with Gasteiger partial charge in [-0.2, -0.15) is 0 Å². The van der Waals surface area contributed by atoms with Gasteiger partial charge in [0.2, 0.25) is 0 Å². The molecule has 0 amide bonds. The zero-order chi connectivity index (χ0) is 59.3. The Bertz CT molecular complexity index is 2080. The number of carboxylic acid groups (broad SMARTS) is 3. The fourth-order valence-electron chi connectivity index (χ4n) is 5.03. The second-order valence-corrected chi connectivity index (χ2v) is 24.8. The average Bonchev–Trinajstić information content (AvgIpc) is 3.33. The first-order valence-electron chi connectivity index (χ1n) is 22.9. The van der Waals surface area contributed by atoms with E-state index in [0.717, 1.165) is 66.3 Å². The van der Waals surface area contributed by atoms with Crippen molar-refractivity contribution in [1.82, 2.24) is 19.6 Å². The minimum atomic E-state index is -1.28. The Morgan fingerprint density at radius 3 is 0.795 bits per heavy atom. The Kier molecular flexibility index (Phi) is 44.9. The van der Waals surface area contributed by atoms with E-state index in [9.17, 15) is 55.2 Å². The van der Waals surface area contributed by atoms with E-state index in [2.05, 4.69) is 83.3 Å². The van der Waals surface area contributed by atoms with Gasteiger partial charge in [0.15, 0.2) is 4.30 Å². The van der Waals surface area contributed by atoms with Crippen LogP contribution in [0, 0.1) is 16.2 Å². The van der Waals surface area contributed by atoms with E-state index in [4.69, 9.17) is 45.0 Å². The van der Waals surface area contributed by atoms with Gasteiger partial charge >= 0.3 is 49.4 Å². The molecule has 0 radical (unpaired) electrons. The Morgan fingerprint density at radius 1 is 0.487 bits per heavy atom. The van der Waals surface area contributed by atoms with Crippen molar-refractivity contribution in [3.63, 3.8) is 0 Å². The quantitative estimate of drug-likeness (QED) is 0.0928. The summed E-state index contributed by atoms with van der Waals surface area (Å²) in [6.45, 7) is 12.4. The summed E-state index contributed by atoms with van der Waals surface area (Å²) in [5.41, 5.74) is -0.279. The van der Waals surface area contributed by atoms with Crippen molar-refractivity contribution in [2.24, 2.45) is 16.2 Å². The number of likely N-dealkylation sites (N-methyl/N-ethyl adjacent to an activating group) is 4. The summed E-state index contributed by atoms with van der Waals surface area (Å²) in [5, 5.41) is 104. The van der Waals surface area contributed by atoms with E-state index < -0.39 is 51.7 Å². The summed E-state index contributed by atoms with van der Waals surface area (Å²) >= 11 is 28.0. The number of benzene rings is 4. The summed E-state index contributed by atoms with van der Waals surface area (Å²) in [7, 11) is 7.97. The molecule has 4 aromatic carbocycles. The molecular formula is C52H67Br4Cl3N4O13Ti2. The maximum absolute atomic E-state index is 11.9. The first-order valence-corrected chi connectivity index (χ1v) is 27.3. The average molecular weight is 1480 g/mol. The Hall–Kier alpha value is -1.57. The molecule has 26 heteroatoms. The van der Waals surface area contributed by atoms with Gasteiger partial charge in [0, 0.05) is 82.2 Å². The van der Waals surface area contributed by atoms with E-state index in [1.807, 2.05) is 52.5 Å². The van der Waals surface area contributed by atoms with Crippen LogP contribution in [0.25, 0.3) is 0 Å². The smallest absolute Gasteiger partial charge is 0.872 e. The zero-order valence-electron chi connectivity index (χ0n) is 45.1. The third-order valence-electron chi connectivity index (χ3n) is 10.4. The second-order valence-electron chi connectivity index (χ2n) is 19.2. The third kappa shape index (κ3) is 37.5. The predicted octanol–water partition coefficient (Wildman–Crippen LogP) is 4.16. The van der Waals surface area contributed by atoms with Gasteiger partial charge in [0.25, 0.3) is 0 Å². The molecule has 0 aliphatic heterocycles. The van der Waals surface area contributed by atoms with Gasteiger partial charge in [-0.05, 0) is 124 Å². The molecule has 0 aliphatic carbocycles. The van der Waals surface area contributed by atoms with Crippen molar-refractivity contribution in [2.45, 2.75) is 72.0 Å². The van der Waals surface area contributed by atoms with Gasteiger partial charge in [-0.25, -0.2) is 0 Å². The number of alkyl halides is 3. The topological polar surface area (TPSA) is 289 Å². The fourth-order valence-corrected chi connectivity index (χ4v) is 6.67. The molecule has 0 atom stereocenters. The molecule has 0 bridgehead atoms. The van der Waals surface area contributed by atoms with Crippen LogP contribution < -0.4 is 40.9 Å². The number of hydrogen-bond donors (Lipinski definition) is 2. The third-order valence-corrected chi connectivity index (χ3v) is 12.4. The van der Waals surface area contributed by atoms with Crippen LogP contribution in [-0.2, 0) is 84.0 Å². The molecule has 0 heterocycles. The van der Waals surface area contributed by atoms with E-state index in [1.54, 1.807) is 48.5 Å². The summed E-state index contributed by atoms with van der Waals surface area (Å²) in [4.78, 5) is 38.4. The summed E-state index contributed by atoms with van der Waals surface area (Å²) in [6, 6.07) is 20.9. The molecule has 0 saturated heterocycles. The van der Waals surface area contributed by atoms with Gasteiger partial charge < -0.3 is 80.3 Å². The van der Waals surface area contributed by atoms with Crippen LogP contribution in [0.5, 0.6) is 23.0 Å². The molecule has 430 valence electrons. The molecule has 17 nitrogen and oxygen atoms in total. The number of carbonyl (C=O) groups is 3. The minimum Gasteiger partial charge on any atom is -0.872 e. The number of aliphatic carboxylic acids is 3. The monoisotopic (exact) mass is 1470 g/mol. The predicted molar refractivity (Wildman–Crippen MR) is 297 cm³/mol. The van der Waals surface area contributed by atoms with Crippen molar-refractivity contribution in [3.05, 3.63) is 113 Å². The van der Waals surface area contributed by atoms with Crippen LogP contribution in [0.1, 0.15) is 63.8 Å². The number of carbonyl (C=O) groups excluding carboxylic acids is 2. The number of aliphatic hydroxyl groups is 1. The Labute approximate surface area is 538 Å². The number of nitrogens with zero attached hydrogens (tertiary/aromatic N) is 4. The Morgan fingerprint density at radius 2 is 0.679 bits per heavy atom. The minimum absolute atomic E-state index is 0. The zero-order valence-corrected chi connectivity index (χ0v) is 56.8. The first-order chi connectivity index (χ1) is 34.9. The second kappa shape index (κ2) is 42.3. The molecule has 4 aromatic rings. The fraction of sp³-hybridized carbons (Fsp3) is 0.481. The van der Waals surface area contributed by atoms with Crippen LogP contribution in [0.2, 0.25) is 0 Å². The largest absolute Gasteiger partial charge is 4.00 e. The van der Waals surface area contributed by atoms with E-state index in [-0.39, 0.29) is 73.0 Å². The van der Waals surface area contributed by atoms with Crippen molar-refractivity contribution in [1.29, 1.82) is 0 Å². The SMILES string of the molecule is CC(C)(CO)C(=O)O.CC(C)(C[O-])C(=O)[O-].CC(C)(C[O-])C(=O)[O-].CN(CCN(C)Cc1cc(Br)ccc1[O-])Cc1cc(Br)ccc1[O-].CN(CCN(C)Cc1cc(Br)ccc1[O-])Cc1cc(Br)ccc1[O-].ClC(Cl)Cl.[Ti+4].[Ti+4]. The standard InChI is InChI=1S/2C18H22Br2N2O2.C5H10O3.2C5H9O3.CHCl3.2Ti/c2*1-21(11-13-9-15(19)3-5-17(13)23)7-8-22(2)12-14-10-16(20)4-6-18(14)24;3*1-5(2,3-6)4(7)8;2-1(3)4;;/h2*3-6,9-10,23-24H,7-8,11-12H2,1-2H3;6H,3H2,1-2H3,(H,7,8);2*3H2,1-2H3,(H,7,8);1H;;/q;;;2*-1;;2*+4/p-6. The molecule has 4 rings (SSSR count). The molecule has 0 aromatic heterocycles. The van der Waals surface area contributed by atoms with Crippen LogP contribution >= 0.6 is 98.5 Å². The van der Waals surface area contributed by atoms with Crippen molar-refractivity contribution < 1.29 is 109 Å². The van der Waals surface area contributed by atoms with Crippen LogP contribution in [0.3, 0.4) is 0 Å². The van der Waals surface area contributed by atoms with Crippen LogP contribution in [0.4, 0.5) is 0 Å². The van der Waals surface area contributed by atoms with Crippen molar-refractivity contribution >= 4 is 116 Å². The molecular weight excluding hydrogens is 1410 g/mol. The molecule has 0 saturated carbocycles. The van der Waals surface area contributed by atoms with Crippen LogP contribution in [-0.4, -0.2) is 126 Å². The first kappa shape index (κ1) is 82.9. The molecule has 2 N–H and O–H groups in total. The van der Waals surface area contributed by atoms with Gasteiger partial charge in [0.1, 0.15) is 0 Å². The number of hydrogen-bond acceptors (Lipinski definition) is 16. The molecule has 0 fully saturated rings. The van der Waals surface area contributed by atoms with Crippen molar-refractivity contribution in [3.8, 4) is 23.0 Å². The number of aliphatic hydroxyl groups excluding tert-OH is 1. The van der Waals surface area contributed by atoms with Gasteiger partial charge in [-0.15, -0.1) is 36.2 Å². The van der Waals surface area contributed by atoms with Gasteiger partial charge in [0.05, 0.1) is 12.0 Å². The van der Waals surface area contributed by atoms with Crippen molar-refractivity contribution in [2.75, 3.05) is 74.2 Å². The number of rotatable bonds is 20. The maximum Gasteiger partial charge on any atom is 4.00 e. The number of halogens is 7. The van der Waals surface area contributed by atoms with Gasteiger partial charge in [-0.3, -0.25) is 4.79 Å². The molecule has 0 aliphatic rings. The molecule has 0 spiro atoms. The van der Waals surface area contributed by atoms with Gasteiger partial charge in [-0.1, -0.05) is 150 Å². The summed E-state index contributed by atoms with van der Waals surface area (Å²) < 4.78 is 2.92. The van der Waals surface area contributed by atoms with E-state index in [1.165, 1.54) is 41.5 Å².